The molecule has 0 aliphatic carbocycles. The molecule has 1 aliphatic rings. The summed E-state index contributed by atoms with van der Waals surface area (Å²) in [6.45, 7) is 1.20. The average Bonchev–Trinajstić information content (AvgIpc) is 3.56. The Bertz CT molecular complexity index is 1430. The van der Waals surface area contributed by atoms with E-state index in [4.69, 9.17) is 4.42 Å². The molecule has 1 N–H and O–H groups in total. The van der Waals surface area contributed by atoms with Gasteiger partial charge in [0.05, 0.1) is 10.2 Å². The molecular formula is C24H18N4O2S. The van der Waals surface area contributed by atoms with Crippen molar-refractivity contribution in [2.24, 2.45) is 0 Å². The highest BCUT2D eigenvalue weighted by Crippen LogP contribution is 2.32. The second-order valence-corrected chi connectivity index (χ2v) is 8.51. The van der Waals surface area contributed by atoms with Crippen LogP contribution in [0.2, 0.25) is 0 Å². The van der Waals surface area contributed by atoms with Crippen LogP contribution in [0.25, 0.3) is 37.6 Å². The van der Waals surface area contributed by atoms with Gasteiger partial charge in [-0.15, -0.1) is 11.3 Å². The van der Waals surface area contributed by atoms with Gasteiger partial charge >= 0.3 is 0 Å². The number of rotatable bonds is 3. The van der Waals surface area contributed by atoms with E-state index in [1.54, 1.807) is 23.6 Å². The predicted molar refractivity (Wildman–Crippen MR) is 122 cm³/mol. The van der Waals surface area contributed by atoms with Crippen molar-refractivity contribution in [1.29, 1.82) is 0 Å². The molecule has 6 nitrogen and oxygen atoms in total. The fraction of sp³-hybridized carbons (Fsp3) is 0.125. The molecule has 5 heterocycles. The fourth-order valence-corrected chi connectivity index (χ4v) is 4.95. The van der Waals surface area contributed by atoms with Crippen molar-refractivity contribution in [3.8, 4) is 10.8 Å². The summed E-state index contributed by atoms with van der Waals surface area (Å²) >= 11 is 1.56. The number of hydrogen-bond donors (Lipinski definition) is 1. The van der Waals surface area contributed by atoms with Crippen molar-refractivity contribution >= 4 is 44.1 Å². The van der Waals surface area contributed by atoms with Crippen LogP contribution in [0.15, 0.2) is 71.4 Å². The first-order valence-electron chi connectivity index (χ1n) is 10.1. The van der Waals surface area contributed by atoms with Gasteiger partial charge in [0.25, 0.3) is 5.91 Å². The number of hydrogen-bond acceptors (Lipinski definition) is 5. The minimum atomic E-state index is -0.0942. The van der Waals surface area contributed by atoms with Gasteiger partial charge in [0.2, 0.25) is 0 Å². The monoisotopic (exact) mass is 426 g/mol. The number of H-pyrrole nitrogens is 1. The van der Waals surface area contributed by atoms with E-state index >= 15 is 0 Å². The molecule has 0 spiro atoms. The van der Waals surface area contributed by atoms with Crippen LogP contribution in [0, 0.1) is 0 Å². The van der Waals surface area contributed by atoms with Gasteiger partial charge < -0.3 is 14.3 Å². The lowest BCUT2D eigenvalue weighted by atomic mass is 9.99. The molecule has 5 aromatic rings. The SMILES string of the molecule is O=C(c1ccc(-c2nc3ccccc3s2)o1)N1CC=C(c2c[nH]c3ncccc23)CC1. The number of pyridine rings is 1. The molecule has 1 amide bonds. The van der Waals surface area contributed by atoms with Crippen molar-refractivity contribution in [1.82, 2.24) is 19.9 Å². The Hall–Kier alpha value is -3.71. The van der Waals surface area contributed by atoms with E-state index in [0.29, 0.717) is 24.6 Å². The van der Waals surface area contributed by atoms with E-state index in [9.17, 15) is 4.79 Å². The van der Waals surface area contributed by atoms with Gasteiger partial charge in [-0.1, -0.05) is 18.2 Å². The highest BCUT2D eigenvalue weighted by molar-refractivity contribution is 7.21. The third kappa shape index (κ3) is 3.14. The Kier molecular flexibility index (Phi) is 4.21. The molecule has 152 valence electrons. The lowest BCUT2D eigenvalue weighted by Crippen LogP contribution is -2.34. The number of carbonyl (C=O) groups excluding carboxylic acids is 1. The van der Waals surface area contributed by atoms with E-state index in [2.05, 4.69) is 27.1 Å². The summed E-state index contributed by atoms with van der Waals surface area (Å²) in [6.07, 6.45) is 6.69. The first kappa shape index (κ1) is 18.1. The van der Waals surface area contributed by atoms with Crippen LogP contribution in [-0.2, 0) is 0 Å². The van der Waals surface area contributed by atoms with E-state index < -0.39 is 0 Å². The molecule has 1 aromatic carbocycles. The fourth-order valence-electron chi connectivity index (χ4n) is 4.02. The highest BCUT2D eigenvalue weighted by atomic mass is 32.1. The lowest BCUT2D eigenvalue weighted by molar-refractivity contribution is 0.0742. The quantitative estimate of drug-likeness (QED) is 0.421. The van der Waals surface area contributed by atoms with Gasteiger partial charge in [0.1, 0.15) is 5.65 Å². The van der Waals surface area contributed by atoms with Crippen LogP contribution >= 0.6 is 11.3 Å². The number of aromatic amines is 1. The summed E-state index contributed by atoms with van der Waals surface area (Å²) in [5.74, 6) is 0.884. The van der Waals surface area contributed by atoms with Gasteiger partial charge in [-0.2, -0.15) is 0 Å². The van der Waals surface area contributed by atoms with Gasteiger partial charge in [0, 0.05) is 36.4 Å². The van der Waals surface area contributed by atoms with Crippen LogP contribution < -0.4 is 0 Å². The summed E-state index contributed by atoms with van der Waals surface area (Å²) in [7, 11) is 0. The standard InChI is InChI=1S/C24H18N4O2S/c29-24(20-8-7-19(30-20)23-27-18-5-1-2-6-21(18)31-23)28-12-9-15(10-13-28)17-14-26-22-16(17)4-3-11-25-22/h1-9,11,14H,10,12-13H2,(H,25,26). The third-order valence-electron chi connectivity index (χ3n) is 5.61. The molecule has 0 fully saturated rings. The number of benzene rings is 1. The van der Waals surface area contributed by atoms with E-state index in [-0.39, 0.29) is 5.91 Å². The largest absolute Gasteiger partial charge is 0.448 e. The normalized spacial score (nSPS) is 14.3. The Labute approximate surface area is 181 Å². The Morgan fingerprint density at radius 1 is 1.13 bits per heavy atom. The van der Waals surface area contributed by atoms with Crippen molar-refractivity contribution < 1.29 is 9.21 Å². The zero-order valence-corrected chi connectivity index (χ0v) is 17.4. The Morgan fingerprint density at radius 2 is 2.06 bits per heavy atom. The maximum absolute atomic E-state index is 13.0. The second-order valence-electron chi connectivity index (χ2n) is 7.48. The molecular weight excluding hydrogens is 408 g/mol. The maximum Gasteiger partial charge on any atom is 0.289 e. The van der Waals surface area contributed by atoms with Crippen LogP contribution in [0.4, 0.5) is 0 Å². The molecule has 6 rings (SSSR count). The summed E-state index contributed by atoms with van der Waals surface area (Å²) in [5, 5.41) is 1.90. The highest BCUT2D eigenvalue weighted by Gasteiger charge is 2.23. The molecule has 1 aliphatic heterocycles. The smallest absolute Gasteiger partial charge is 0.289 e. The van der Waals surface area contributed by atoms with Crippen molar-refractivity contribution in [3.63, 3.8) is 0 Å². The average molecular weight is 427 g/mol. The molecule has 0 unspecified atom stereocenters. The van der Waals surface area contributed by atoms with Crippen molar-refractivity contribution in [2.45, 2.75) is 6.42 Å². The number of nitrogens with one attached hydrogen (secondary N) is 1. The maximum atomic E-state index is 13.0. The Morgan fingerprint density at radius 3 is 2.94 bits per heavy atom. The number of carbonyl (C=O) groups is 1. The first-order valence-corrected chi connectivity index (χ1v) is 10.9. The van der Waals surface area contributed by atoms with Crippen LogP contribution in [0.1, 0.15) is 22.5 Å². The van der Waals surface area contributed by atoms with E-state index in [1.807, 2.05) is 47.5 Å². The molecule has 0 saturated heterocycles. The first-order chi connectivity index (χ1) is 15.3. The van der Waals surface area contributed by atoms with Crippen molar-refractivity contribution in [3.05, 3.63) is 78.3 Å². The number of amides is 1. The summed E-state index contributed by atoms with van der Waals surface area (Å²) in [5.41, 5.74) is 4.21. The molecule has 0 saturated carbocycles. The zero-order chi connectivity index (χ0) is 20.8. The lowest BCUT2D eigenvalue weighted by Gasteiger charge is -2.25. The molecule has 0 bridgehead atoms. The van der Waals surface area contributed by atoms with E-state index in [0.717, 1.165) is 38.2 Å². The summed E-state index contributed by atoms with van der Waals surface area (Å²) in [4.78, 5) is 27.0. The summed E-state index contributed by atoms with van der Waals surface area (Å²) in [6, 6.07) is 15.6. The molecule has 31 heavy (non-hydrogen) atoms. The number of nitrogens with zero attached hydrogens (tertiary/aromatic N) is 3. The number of aromatic nitrogens is 3. The third-order valence-corrected chi connectivity index (χ3v) is 6.67. The minimum Gasteiger partial charge on any atom is -0.448 e. The second kappa shape index (κ2) is 7.21. The minimum absolute atomic E-state index is 0.0942. The van der Waals surface area contributed by atoms with Crippen molar-refractivity contribution in [2.75, 3.05) is 13.1 Å². The molecule has 4 aromatic heterocycles. The topological polar surface area (TPSA) is 75.0 Å². The zero-order valence-electron chi connectivity index (χ0n) is 16.5. The number of fused-ring (bicyclic) bond motifs is 2. The van der Waals surface area contributed by atoms with Gasteiger partial charge in [-0.05, 0) is 48.4 Å². The van der Waals surface area contributed by atoms with E-state index in [1.165, 1.54) is 5.57 Å². The Balaban J connectivity index is 1.21. The molecule has 0 atom stereocenters. The van der Waals surface area contributed by atoms with Gasteiger partial charge in [-0.25, -0.2) is 9.97 Å². The molecule has 0 radical (unpaired) electrons. The number of furan rings is 1. The number of thiazole rings is 1. The van der Waals surface area contributed by atoms with Gasteiger partial charge in [0.15, 0.2) is 16.5 Å². The van der Waals surface area contributed by atoms with Gasteiger partial charge in [-0.3, -0.25) is 4.79 Å². The summed E-state index contributed by atoms with van der Waals surface area (Å²) < 4.78 is 6.99. The van der Waals surface area contributed by atoms with Crippen LogP contribution in [0.3, 0.4) is 0 Å². The molecule has 7 heteroatoms. The number of para-hydroxylation sites is 1. The predicted octanol–water partition coefficient (Wildman–Crippen LogP) is 5.36. The van der Waals surface area contributed by atoms with Crippen LogP contribution in [0.5, 0.6) is 0 Å². The van der Waals surface area contributed by atoms with Crippen LogP contribution in [-0.4, -0.2) is 38.8 Å².